The topological polar surface area (TPSA) is 100 Å². The van der Waals surface area contributed by atoms with Crippen molar-refractivity contribution in [3.8, 4) is 0 Å². The zero-order valence-corrected chi connectivity index (χ0v) is 13.1. The zero-order chi connectivity index (χ0) is 14.8. The maximum atomic E-state index is 10.1. The molecule has 2 aromatic heterocycles. The van der Waals surface area contributed by atoms with E-state index < -0.39 is 11.9 Å². The minimum Gasteiger partial charge on any atom is -0.481 e. The fraction of sp³-hybridized carbons (Fsp3) is 0.143. The summed E-state index contributed by atoms with van der Waals surface area (Å²) in [5.41, 5.74) is 1.51. The van der Waals surface area contributed by atoms with Gasteiger partial charge in [-0.25, -0.2) is 0 Å². The summed E-state index contributed by atoms with van der Waals surface area (Å²) in [6.07, 6.45) is 6.45. The van der Waals surface area contributed by atoms with E-state index in [1.54, 1.807) is 49.1 Å². The van der Waals surface area contributed by atoms with Gasteiger partial charge in [0, 0.05) is 24.8 Å². The highest BCUT2D eigenvalue weighted by atomic mass is 35.5. The summed E-state index contributed by atoms with van der Waals surface area (Å²) in [6.45, 7) is 0. The number of nitrogens with zero attached hydrogens (tertiary/aromatic N) is 2. The molecular weight excluding hydrogens is 331 g/mol. The number of halogens is 2. The summed E-state index contributed by atoms with van der Waals surface area (Å²) in [5.74, 6) is -1.64. The van der Waals surface area contributed by atoms with Gasteiger partial charge in [-0.2, -0.15) is 0 Å². The van der Waals surface area contributed by atoms with Crippen molar-refractivity contribution in [2.45, 2.75) is 12.8 Å². The second kappa shape index (κ2) is 12.6. The quantitative estimate of drug-likeness (QED) is 0.880. The Hall–Kier alpha value is -2.18. The molecule has 2 N–H and O–H groups in total. The summed E-state index contributed by atoms with van der Waals surface area (Å²) in [7, 11) is 0. The molecule has 0 bridgehead atoms. The highest BCUT2D eigenvalue weighted by Gasteiger charge is 1.97. The minimum absolute atomic E-state index is 0. The number of rotatable bonds is 4. The van der Waals surface area contributed by atoms with Gasteiger partial charge in [-0.15, -0.1) is 24.8 Å². The van der Waals surface area contributed by atoms with Gasteiger partial charge in [0.15, 0.2) is 0 Å². The number of aromatic nitrogens is 2. The summed E-state index contributed by atoms with van der Waals surface area (Å²) >= 11 is 0. The van der Waals surface area contributed by atoms with E-state index in [-0.39, 0.29) is 37.7 Å². The van der Waals surface area contributed by atoms with Gasteiger partial charge in [0.2, 0.25) is 0 Å². The molecule has 0 fully saturated rings. The van der Waals surface area contributed by atoms with Gasteiger partial charge in [-0.05, 0) is 29.3 Å². The molecule has 22 heavy (non-hydrogen) atoms. The molecule has 0 aliphatic heterocycles. The van der Waals surface area contributed by atoms with Crippen LogP contribution in [0.4, 0.5) is 0 Å². The molecule has 0 amide bonds. The molecule has 0 saturated carbocycles. The van der Waals surface area contributed by atoms with Crippen molar-refractivity contribution >= 4 is 36.8 Å². The third-order valence-electron chi connectivity index (χ3n) is 2.18. The molecule has 0 spiro atoms. The molecule has 0 aliphatic carbocycles. The Bertz CT molecular complexity index is 502. The molecule has 0 aromatic carbocycles. The first-order chi connectivity index (χ1) is 9.58. The zero-order valence-electron chi connectivity index (χ0n) is 11.5. The van der Waals surface area contributed by atoms with Crippen LogP contribution < -0.4 is 0 Å². The first-order valence-corrected chi connectivity index (χ1v) is 5.79. The fourth-order valence-corrected chi connectivity index (χ4v) is 1.35. The van der Waals surface area contributed by atoms with E-state index in [0.717, 1.165) is 11.1 Å². The van der Waals surface area contributed by atoms with Crippen LogP contribution >= 0.6 is 24.8 Å². The van der Waals surface area contributed by atoms with Crippen molar-refractivity contribution in [3.63, 3.8) is 0 Å². The number of hydrogen-bond donors (Lipinski definition) is 2. The maximum Gasteiger partial charge on any atom is 0.307 e. The van der Waals surface area contributed by atoms with Crippen molar-refractivity contribution in [1.82, 2.24) is 9.97 Å². The highest BCUT2D eigenvalue weighted by molar-refractivity contribution is 5.85. The van der Waals surface area contributed by atoms with E-state index in [4.69, 9.17) is 10.2 Å². The lowest BCUT2D eigenvalue weighted by Gasteiger charge is -1.92. The number of carboxylic acids is 2. The van der Waals surface area contributed by atoms with Crippen molar-refractivity contribution in [2.24, 2.45) is 0 Å². The van der Waals surface area contributed by atoms with E-state index in [1.807, 2.05) is 0 Å². The van der Waals surface area contributed by atoms with Crippen molar-refractivity contribution < 1.29 is 19.8 Å². The molecule has 2 aromatic rings. The van der Waals surface area contributed by atoms with Crippen LogP contribution in [-0.2, 0) is 22.4 Å². The second-order valence-corrected chi connectivity index (χ2v) is 3.86. The predicted molar refractivity (Wildman–Crippen MR) is 85.6 cm³/mol. The number of pyridine rings is 2. The third kappa shape index (κ3) is 10.6. The molecule has 0 radical (unpaired) electrons. The molecule has 0 aliphatic rings. The lowest BCUT2D eigenvalue weighted by Crippen LogP contribution is -1.99. The highest BCUT2D eigenvalue weighted by Crippen LogP contribution is 1.96. The van der Waals surface area contributed by atoms with Crippen LogP contribution in [0.3, 0.4) is 0 Å². The van der Waals surface area contributed by atoms with Gasteiger partial charge in [-0.3, -0.25) is 19.6 Å². The predicted octanol–water partition coefficient (Wildman–Crippen LogP) is 2.26. The Morgan fingerprint density at radius 1 is 0.818 bits per heavy atom. The Labute approximate surface area is 140 Å². The van der Waals surface area contributed by atoms with Crippen molar-refractivity contribution in [1.29, 1.82) is 0 Å². The summed E-state index contributed by atoms with van der Waals surface area (Å²) in [6, 6.07) is 6.83. The number of carboxylic acid groups (broad SMARTS) is 2. The molecule has 8 heteroatoms. The largest absolute Gasteiger partial charge is 0.481 e. The monoisotopic (exact) mass is 346 g/mol. The van der Waals surface area contributed by atoms with E-state index >= 15 is 0 Å². The van der Waals surface area contributed by atoms with Crippen LogP contribution in [0.25, 0.3) is 0 Å². The molecule has 2 rings (SSSR count). The van der Waals surface area contributed by atoms with Gasteiger partial charge in [0.05, 0.1) is 12.8 Å². The lowest BCUT2D eigenvalue weighted by molar-refractivity contribution is -0.137. The van der Waals surface area contributed by atoms with Crippen molar-refractivity contribution in [2.75, 3.05) is 0 Å². The van der Waals surface area contributed by atoms with E-state index in [1.165, 1.54) is 0 Å². The Morgan fingerprint density at radius 2 is 1.36 bits per heavy atom. The van der Waals surface area contributed by atoms with Gasteiger partial charge >= 0.3 is 11.9 Å². The lowest BCUT2D eigenvalue weighted by atomic mass is 10.2. The van der Waals surface area contributed by atoms with Gasteiger partial charge in [0.1, 0.15) is 0 Å². The third-order valence-corrected chi connectivity index (χ3v) is 2.18. The molecule has 120 valence electrons. The summed E-state index contributed by atoms with van der Waals surface area (Å²) in [4.78, 5) is 27.8. The van der Waals surface area contributed by atoms with E-state index in [2.05, 4.69) is 9.97 Å². The molecule has 6 nitrogen and oxygen atoms in total. The van der Waals surface area contributed by atoms with E-state index in [9.17, 15) is 9.59 Å². The van der Waals surface area contributed by atoms with Crippen molar-refractivity contribution in [3.05, 3.63) is 60.2 Å². The normalized spacial score (nSPS) is 8.36. The summed E-state index contributed by atoms with van der Waals surface area (Å²) in [5, 5.41) is 16.7. The molecule has 2 heterocycles. The number of hydrogen-bond acceptors (Lipinski definition) is 4. The van der Waals surface area contributed by atoms with Gasteiger partial charge < -0.3 is 10.2 Å². The fourth-order valence-electron chi connectivity index (χ4n) is 1.35. The minimum atomic E-state index is -0.826. The van der Waals surface area contributed by atoms with Crippen LogP contribution in [0.15, 0.2) is 49.1 Å². The first-order valence-electron chi connectivity index (χ1n) is 5.79. The van der Waals surface area contributed by atoms with Crippen LogP contribution in [0.2, 0.25) is 0 Å². The van der Waals surface area contributed by atoms with Gasteiger partial charge in [0.25, 0.3) is 0 Å². The first kappa shape index (κ1) is 22.1. The SMILES string of the molecule is Cl.Cl.O=C(O)Cc1cccnc1.O=C(O)Cc1ccncc1. The average molecular weight is 347 g/mol. The smallest absolute Gasteiger partial charge is 0.307 e. The van der Waals surface area contributed by atoms with E-state index in [0.29, 0.717) is 0 Å². The van der Waals surface area contributed by atoms with Gasteiger partial charge in [-0.1, -0.05) is 6.07 Å². The summed E-state index contributed by atoms with van der Waals surface area (Å²) < 4.78 is 0. The molecule has 0 atom stereocenters. The van der Waals surface area contributed by atoms with Crippen LogP contribution in [0.5, 0.6) is 0 Å². The number of carbonyl (C=O) groups is 2. The Morgan fingerprint density at radius 3 is 1.82 bits per heavy atom. The molecule has 0 unspecified atom stereocenters. The molecular formula is C14H16Cl2N2O4. The van der Waals surface area contributed by atoms with Crippen LogP contribution in [0.1, 0.15) is 11.1 Å². The van der Waals surface area contributed by atoms with Crippen LogP contribution in [0, 0.1) is 0 Å². The molecule has 0 saturated heterocycles. The number of aliphatic carboxylic acids is 2. The van der Waals surface area contributed by atoms with Crippen LogP contribution in [-0.4, -0.2) is 32.1 Å². The maximum absolute atomic E-state index is 10.1. The Balaban J connectivity index is 0. The standard InChI is InChI=1S/2C7H7NO2.2ClH/c9-7(10)5-6-1-3-8-4-2-6;9-7(10)4-6-2-1-3-8-5-6;;/h1-4H,5H2,(H,9,10);1-3,5H,4H2,(H,9,10);2*1H. The average Bonchev–Trinajstić information content (AvgIpc) is 2.40. The second-order valence-electron chi connectivity index (χ2n) is 3.86. The Kier molecular flexibility index (Phi) is 12.6.